The fourth-order valence-corrected chi connectivity index (χ4v) is 2.18. The van der Waals surface area contributed by atoms with Crippen LogP contribution in [0.3, 0.4) is 0 Å². The molecule has 1 aromatic heterocycles. The molecule has 0 N–H and O–H groups in total. The zero-order chi connectivity index (χ0) is 10.9. The molecule has 0 atom stereocenters. The predicted octanol–water partition coefficient (Wildman–Crippen LogP) is 2.76. The third-order valence-corrected chi connectivity index (χ3v) is 2.41. The van der Waals surface area contributed by atoms with Crippen LogP contribution in [-0.4, -0.2) is 11.5 Å². The molecule has 0 aliphatic carbocycles. The van der Waals surface area contributed by atoms with Crippen molar-refractivity contribution >= 4 is 38.8 Å². The van der Waals surface area contributed by atoms with Gasteiger partial charge in [-0.25, -0.2) is 0 Å². The minimum absolute atomic E-state index is 0.104. The maximum Gasteiger partial charge on any atom is 0.497 e. The monoisotopic (exact) mass is 332 g/mol. The van der Waals surface area contributed by atoms with Crippen LogP contribution < -0.4 is 5.56 Å². The molecule has 0 aliphatic rings. The number of pyridine rings is 1. The SMILES string of the molecule is O=c1c(Br)cc(Br)cn1C[B-](F)(F)F. The Labute approximate surface area is 94.4 Å². The summed E-state index contributed by atoms with van der Waals surface area (Å²) in [6.07, 6.45) is -0.112. The summed E-state index contributed by atoms with van der Waals surface area (Å²) in [5, 5.41) is 0. The Hall–Kier alpha value is -0.235. The van der Waals surface area contributed by atoms with Crippen LogP contribution in [0.25, 0.3) is 0 Å². The van der Waals surface area contributed by atoms with E-state index in [0.717, 1.165) is 6.20 Å². The molecule has 8 heteroatoms. The van der Waals surface area contributed by atoms with Crippen molar-refractivity contribution in [3.8, 4) is 0 Å². The predicted molar refractivity (Wildman–Crippen MR) is 55.2 cm³/mol. The van der Waals surface area contributed by atoms with Crippen LogP contribution in [0.5, 0.6) is 0 Å². The Kier molecular flexibility index (Phi) is 3.46. The topological polar surface area (TPSA) is 22.0 Å². The fourth-order valence-electron chi connectivity index (χ4n) is 0.923. The Morgan fingerprint density at radius 1 is 1.36 bits per heavy atom. The number of aromatic nitrogens is 1. The number of nitrogens with zero attached hydrogens (tertiary/aromatic N) is 1. The highest BCUT2D eigenvalue weighted by Gasteiger charge is 2.24. The Morgan fingerprint density at radius 2 is 1.93 bits per heavy atom. The van der Waals surface area contributed by atoms with E-state index in [0.29, 0.717) is 9.04 Å². The lowest BCUT2D eigenvalue weighted by molar-refractivity contribution is 0.442. The van der Waals surface area contributed by atoms with Crippen molar-refractivity contribution in [1.29, 1.82) is 0 Å². The number of rotatable bonds is 2. The summed E-state index contributed by atoms with van der Waals surface area (Å²) in [5.41, 5.74) is -0.688. The minimum Gasteiger partial charge on any atom is -0.448 e. The molecule has 1 heterocycles. The van der Waals surface area contributed by atoms with Gasteiger partial charge in [0.2, 0.25) is 0 Å². The maximum atomic E-state index is 12.1. The summed E-state index contributed by atoms with van der Waals surface area (Å²) < 4.78 is 37.3. The first kappa shape index (κ1) is 11.8. The van der Waals surface area contributed by atoms with Gasteiger partial charge in [0.15, 0.2) is 0 Å². The van der Waals surface area contributed by atoms with E-state index in [-0.39, 0.29) is 4.47 Å². The maximum absolute atomic E-state index is 12.1. The summed E-state index contributed by atoms with van der Waals surface area (Å²) in [6, 6.07) is 1.40. The van der Waals surface area contributed by atoms with E-state index in [1.54, 1.807) is 0 Å². The fraction of sp³-hybridized carbons (Fsp3) is 0.167. The highest BCUT2D eigenvalue weighted by atomic mass is 79.9. The summed E-state index contributed by atoms with van der Waals surface area (Å²) in [6.45, 7) is -5.01. The van der Waals surface area contributed by atoms with Crippen LogP contribution in [0.15, 0.2) is 26.0 Å². The average molecular weight is 334 g/mol. The van der Waals surface area contributed by atoms with Gasteiger partial charge >= 0.3 is 6.98 Å². The smallest absolute Gasteiger partial charge is 0.448 e. The standard InChI is InChI=1S/C6H4BBr2F3NO/c8-4-1-5(9)6(14)13(2-4)3-7(10,11)12/h1-2H,3H2/q-1. The second-order valence-corrected chi connectivity index (χ2v) is 4.44. The van der Waals surface area contributed by atoms with Crippen molar-refractivity contribution in [2.75, 3.05) is 0 Å². The average Bonchev–Trinajstić information content (AvgIpc) is 1.96. The first-order valence-corrected chi connectivity index (χ1v) is 5.15. The van der Waals surface area contributed by atoms with Gasteiger partial charge in [-0.3, -0.25) is 4.79 Å². The van der Waals surface area contributed by atoms with E-state index >= 15 is 0 Å². The van der Waals surface area contributed by atoms with Crippen molar-refractivity contribution < 1.29 is 12.9 Å². The molecule has 1 rings (SSSR count). The first-order valence-electron chi connectivity index (χ1n) is 3.56. The van der Waals surface area contributed by atoms with E-state index in [4.69, 9.17) is 0 Å². The van der Waals surface area contributed by atoms with Crippen molar-refractivity contribution in [3.05, 3.63) is 31.6 Å². The highest BCUT2D eigenvalue weighted by molar-refractivity contribution is 9.11. The van der Waals surface area contributed by atoms with E-state index < -0.39 is 19.0 Å². The van der Waals surface area contributed by atoms with E-state index in [9.17, 15) is 17.7 Å². The normalized spacial score (nSPS) is 11.8. The van der Waals surface area contributed by atoms with Crippen LogP contribution in [0.4, 0.5) is 12.9 Å². The van der Waals surface area contributed by atoms with Gasteiger partial charge in [-0.05, 0) is 44.4 Å². The van der Waals surface area contributed by atoms with Crippen LogP contribution in [0.2, 0.25) is 0 Å². The molecule has 2 nitrogen and oxygen atoms in total. The van der Waals surface area contributed by atoms with Crippen molar-refractivity contribution in [1.82, 2.24) is 4.57 Å². The molecule has 0 saturated heterocycles. The van der Waals surface area contributed by atoms with Crippen molar-refractivity contribution in [2.45, 2.75) is 6.44 Å². The molecule has 0 bridgehead atoms. The van der Waals surface area contributed by atoms with Gasteiger partial charge in [0.05, 0.1) is 4.47 Å². The van der Waals surface area contributed by atoms with Gasteiger partial charge in [-0.15, -0.1) is 0 Å². The molecular formula is C6H4BBr2F3NO-. The Morgan fingerprint density at radius 3 is 2.43 bits per heavy atom. The molecule has 0 radical (unpaired) electrons. The molecule has 0 spiro atoms. The molecule has 0 aliphatic heterocycles. The van der Waals surface area contributed by atoms with Gasteiger partial charge in [0, 0.05) is 10.7 Å². The molecule has 0 saturated carbocycles. The largest absolute Gasteiger partial charge is 0.497 e. The molecule has 1 aromatic rings. The van der Waals surface area contributed by atoms with Gasteiger partial charge in [0.25, 0.3) is 5.56 Å². The second-order valence-electron chi connectivity index (χ2n) is 2.67. The van der Waals surface area contributed by atoms with Crippen molar-refractivity contribution in [2.24, 2.45) is 0 Å². The van der Waals surface area contributed by atoms with Gasteiger partial charge in [-0.2, -0.15) is 0 Å². The molecule has 78 valence electrons. The third kappa shape index (κ3) is 3.16. The van der Waals surface area contributed by atoms with Gasteiger partial charge < -0.3 is 17.5 Å². The van der Waals surface area contributed by atoms with Crippen LogP contribution >= 0.6 is 31.9 Å². The zero-order valence-electron chi connectivity index (χ0n) is 6.68. The minimum atomic E-state index is -5.01. The number of hydrogen-bond acceptors (Lipinski definition) is 1. The zero-order valence-corrected chi connectivity index (χ0v) is 9.86. The van der Waals surface area contributed by atoms with E-state index in [1.807, 2.05) is 0 Å². The number of hydrogen-bond donors (Lipinski definition) is 0. The highest BCUT2D eigenvalue weighted by Crippen LogP contribution is 2.15. The molecule has 0 unspecified atom stereocenters. The summed E-state index contributed by atoms with van der Waals surface area (Å²) >= 11 is 5.89. The Balaban J connectivity index is 3.16. The van der Waals surface area contributed by atoms with E-state index in [2.05, 4.69) is 31.9 Å². The van der Waals surface area contributed by atoms with Crippen LogP contribution in [0, 0.1) is 0 Å². The summed E-state index contributed by atoms with van der Waals surface area (Å²) in [7, 11) is 0. The molecule has 0 fully saturated rings. The molecule has 0 amide bonds. The van der Waals surface area contributed by atoms with Crippen LogP contribution in [-0.2, 0) is 6.44 Å². The second kappa shape index (κ2) is 4.10. The first-order chi connectivity index (χ1) is 6.29. The molecule has 14 heavy (non-hydrogen) atoms. The molecule has 0 aromatic carbocycles. The summed E-state index contributed by atoms with van der Waals surface area (Å²) in [5.74, 6) is 0. The van der Waals surface area contributed by atoms with E-state index in [1.165, 1.54) is 6.07 Å². The molecular weight excluding hydrogens is 330 g/mol. The van der Waals surface area contributed by atoms with Gasteiger partial charge in [0.1, 0.15) is 0 Å². The lowest BCUT2D eigenvalue weighted by Crippen LogP contribution is -2.31. The van der Waals surface area contributed by atoms with Crippen LogP contribution in [0.1, 0.15) is 0 Å². The quantitative estimate of drug-likeness (QED) is 0.763. The summed E-state index contributed by atoms with van der Waals surface area (Å²) in [4.78, 5) is 11.2. The Bertz CT molecular complexity index is 403. The third-order valence-electron chi connectivity index (χ3n) is 1.41. The van der Waals surface area contributed by atoms with Gasteiger partial charge in [-0.1, -0.05) is 0 Å². The lowest BCUT2D eigenvalue weighted by atomic mass is 9.92. The lowest BCUT2D eigenvalue weighted by Gasteiger charge is -2.15. The number of halogens is 5. The van der Waals surface area contributed by atoms with Crippen molar-refractivity contribution in [3.63, 3.8) is 0 Å².